The van der Waals surface area contributed by atoms with Crippen LogP contribution in [0.4, 0.5) is 0 Å². The van der Waals surface area contributed by atoms with E-state index in [1.165, 1.54) is 13.8 Å². The van der Waals surface area contributed by atoms with E-state index in [4.69, 9.17) is 0 Å². The largest absolute Gasteiger partial charge is 0.392 e. The van der Waals surface area contributed by atoms with E-state index in [-0.39, 0.29) is 18.2 Å². The lowest BCUT2D eigenvalue weighted by molar-refractivity contribution is 0.101. The molecule has 0 heterocycles. The molecule has 0 atom stereocenters. The molecule has 0 bridgehead atoms. The Morgan fingerprint density at radius 1 is 1.04 bits per heavy atom. The van der Waals surface area contributed by atoms with E-state index in [0.29, 0.717) is 17.5 Å². The quantitative estimate of drug-likeness (QED) is 0.879. The maximum absolute atomic E-state index is 12.1. The first-order chi connectivity index (χ1) is 11.0. The molecule has 0 aliphatic heterocycles. The van der Waals surface area contributed by atoms with Crippen LogP contribution in [0.3, 0.4) is 0 Å². The molecule has 3 rings (SSSR count). The van der Waals surface area contributed by atoms with Gasteiger partial charge in [0.1, 0.15) is 0 Å². The van der Waals surface area contributed by atoms with Gasteiger partial charge in [-0.05, 0) is 60.2 Å². The zero-order valence-corrected chi connectivity index (χ0v) is 13.2. The third kappa shape index (κ3) is 2.64. The fraction of sp³-hybridized carbons (Fsp3) is 0.200. The van der Waals surface area contributed by atoms with Crippen LogP contribution in [0.2, 0.25) is 0 Å². The van der Waals surface area contributed by atoms with Gasteiger partial charge < -0.3 is 5.11 Å². The monoisotopic (exact) mass is 306 g/mol. The van der Waals surface area contributed by atoms with Gasteiger partial charge in [-0.25, -0.2) is 0 Å². The first-order valence-corrected chi connectivity index (χ1v) is 7.60. The zero-order valence-electron chi connectivity index (χ0n) is 13.2. The van der Waals surface area contributed by atoms with Crippen molar-refractivity contribution < 1.29 is 14.7 Å². The molecular formula is C20H18O3. The van der Waals surface area contributed by atoms with E-state index in [1.54, 1.807) is 6.07 Å². The first-order valence-electron chi connectivity index (χ1n) is 7.60. The fourth-order valence-electron chi connectivity index (χ4n) is 3.22. The number of aliphatic hydroxyl groups excluding tert-OH is 1. The summed E-state index contributed by atoms with van der Waals surface area (Å²) in [5.74, 6) is -0.154. The zero-order chi connectivity index (χ0) is 16.6. The molecule has 0 saturated carbocycles. The van der Waals surface area contributed by atoms with Gasteiger partial charge >= 0.3 is 0 Å². The van der Waals surface area contributed by atoms with E-state index in [2.05, 4.69) is 0 Å². The molecule has 0 aromatic heterocycles. The number of hydrogen-bond acceptors (Lipinski definition) is 3. The van der Waals surface area contributed by atoms with Crippen LogP contribution in [-0.4, -0.2) is 23.3 Å². The van der Waals surface area contributed by atoms with Crippen LogP contribution < -0.4 is 0 Å². The summed E-state index contributed by atoms with van der Waals surface area (Å²) in [6.07, 6.45) is 0.622. The predicted octanol–water partition coefficient (Wildman–Crippen LogP) is 3.55. The second-order valence-corrected chi connectivity index (χ2v) is 5.83. The minimum atomic E-state index is -0.128. The standard InChI is InChI=1S/C20H18O3/c1-12(22)15-8-16-10-18(14-6-4-3-5-7-14)19(11-21)20(16)17(9-15)13(2)23/h3-9,21H,10-11H2,1-2H3. The summed E-state index contributed by atoms with van der Waals surface area (Å²) in [5.41, 5.74) is 5.63. The van der Waals surface area contributed by atoms with Gasteiger partial charge in [0.2, 0.25) is 0 Å². The molecule has 0 unspecified atom stereocenters. The second kappa shape index (κ2) is 5.94. The maximum atomic E-state index is 12.1. The Bertz CT molecular complexity index is 829. The minimum Gasteiger partial charge on any atom is -0.392 e. The van der Waals surface area contributed by atoms with Crippen molar-refractivity contribution in [1.29, 1.82) is 0 Å². The normalized spacial score (nSPS) is 13.2. The molecule has 2 aromatic rings. The van der Waals surface area contributed by atoms with E-state index < -0.39 is 0 Å². The van der Waals surface area contributed by atoms with Crippen LogP contribution in [-0.2, 0) is 6.42 Å². The molecule has 0 spiro atoms. The molecule has 0 radical (unpaired) electrons. The Kier molecular flexibility index (Phi) is 3.97. The number of hydrogen-bond donors (Lipinski definition) is 1. The third-order valence-electron chi connectivity index (χ3n) is 4.32. The molecular weight excluding hydrogens is 288 g/mol. The van der Waals surface area contributed by atoms with Crippen LogP contribution in [0.15, 0.2) is 42.5 Å². The Hall–Kier alpha value is -2.52. The van der Waals surface area contributed by atoms with Gasteiger partial charge in [-0.1, -0.05) is 30.3 Å². The van der Waals surface area contributed by atoms with Crippen LogP contribution in [0.25, 0.3) is 11.1 Å². The summed E-state index contributed by atoms with van der Waals surface area (Å²) < 4.78 is 0. The van der Waals surface area contributed by atoms with E-state index in [0.717, 1.165) is 27.8 Å². The maximum Gasteiger partial charge on any atom is 0.160 e. The van der Waals surface area contributed by atoms with Crippen molar-refractivity contribution in [2.45, 2.75) is 20.3 Å². The molecule has 3 nitrogen and oxygen atoms in total. The highest BCUT2D eigenvalue weighted by atomic mass is 16.3. The highest BCUT2D eigenvalue weighted by Crippen LogP contribution is 2.40. The van der Waals surface area contributed by atoms with Gasteiger partial charge in [-0.2, -0.15) is 0 Å². The molecule has 1 aliphatic rings. The number of benzene rings is 2. The van der Waals surface area contributed by atoms with Crippen LogP contribution >= 0.6 is 0 Å². The summed E-state index contributed by atoms with van der Waals surface area (Å²) in [6.45, 7) is 2.87. The van der Waals surface area contributed by atoms with Gasteiger partial charge in [0.05, 0.1) is 6.61 Å². The van der Waals surface area contributed by atoms with Crippen LogP contribution in [0.5, 0.6) is 0 Å². The lowest BCUT2D eigenvalue weighted by atomic mass is 9.93. The highest BCUT2D eigenvalue weighted by Gasteiger charge is 2.27. The van der Waals surface area contributed by atoms with Crippen molar-refractivity contribution in [3.05, 3.63) is 70.3 Å². The molecule has 23 heavy (non-hydrogen) atoms. The minimum absolute atomic E-state index is 0.0611. The van der Waals surface area contributed by atoms with Crippen molar-refractivity contribution in [2.75, 3.05) is 6.61 Å². The Balaban J connectivity index is 2.24. The molecule has 1 aliphatic carbocycles. The first kappa shape index (κ1) is 15.4. The molecule has 116 valence electrons. The van der Waals surface area contributed by atoms with E-state index >= 15 is 0 Å². The SMILES string of the molecule is CC(=O)c1cc2c(c(C(C)=O)c1)C(CO)=C(c1ccccc1)C2. The molecule has 3 heteroatoms. The van der Waals surface area contributed by atoms with Crippen molar-refractivity contribution >= 4 is 22.7 Å². The number of fused-ring (bicyclic) bond motifs is 1. The highest BCUT2D eigenvalue weighted by molar-refractivity contribution is 6.09. The summed E-state index contributed by atoms with van der Waals surface area (Å²) in [7, 11) is 0. The van der Waals surface area contributed by atoms with Gasteiger partial charge in [0.15, 0.2) is 11.6 Å². The number of allylic oxidation sites excluding steroid dienone is 1. The topological polar surface area (TPSA) is 54.4 Å². The number of aliphatic hydroxyl groups is 1. The van der Waals surface area contributed by atoms with Crippen molar-refractivity contribution in [3.63, 3.8) is 0 Å². The van der Waals surface area contributed by atoms with Crippen LogP contribution in [0.1, 0.15) is 51.3 Å². The number of ketones is 2. The third-order valence-corrected chi connectivity index (χ3v) is 4.32. The number of carbonyl (C=O) groups excluding carboxylic acids is 2. The molecule has 0 saturated heterocycles. The molecule has 0 amide bonds. The van der Waals surface area contributed by atoms with E-state index in [9.17, 15) is 14.7 Å². The summed E-state index contributed by atoms with van der Waals surface area (Å²) in [5, 5.41) is 9.89. The summed E-state index contributed by atoms with van der Waals surface area (Å²) in [4.78, 5) is 23.8. The number of carbonyl (C=O) groups is 2. The lowest BCUT2D eigenvalue weighted by Crippen LogP contribution is -2.05. The summed E-state index contributed by atoms with van der Waals surface area (Å²) in [6, 6.07) is 13.3. The Morgan fingerprint density at radius 2 is 1.74 bits per heavy atom. The number of Topliss-reactive ketones (excluding diaryl/α,β-unsaturated/α-hetero) is 2. The average Bonchev–Trinajstić information content (AvgIpc) is 2.92. The average molecular weight is 306 g/mol. The van der Waals surface area contributed by atoms with Gasteiger partial charge in [0.25, 0.3) is 0 Å². The Labute approximate surface area is 135 Å². The fourth-order valence-corrected chi connectivity index (χ4v) is 3.22. The summed E-state index contributed by atoms with van der Waals surface area (Å²) >= 11 is 0. The lowest BCUT2D eigenvalue weighted by Gasteiger charge is -2.11. The van der Waals surface area contributed by atoms with Gasteiger partial charge in [-0.3, -0.25) is 9.59 Å². The van der Waals surface area contributed by atoms with Crippen molar-refractivity contribution in [3.8, 4) is 0 Å². The molecule has 2 aromatic carbocycles. The van der Waals surface area contributed by atoms with Gasteiger partial charge in [-0.15, -0.1) is 0 Å². The van der Waals surface area contributed by atoms with E-state index in [1.807, 2.05) is 36.4 Å². The Morgan fingerprint density at radius 3 is 2.30 bits per heavy atom. The number of rotatable bonds is 4. The van der Waals surface area contributed by atoms with Gasteiger partial charge in [0, 0.05) is 11.1 Å². The molecule has 1 N–H and O–H groups in total. The van der Waals surface area contributed by atoms with Crippen molar-refractivity contribution in [2.24, 2.45) is 0 Å². The molecule has 0 fully saturated rings. The van der Waals surface area contributed by atoms with Crippen molar-refractivity contribution in [1.82, 2.24) is 0 Å². The predicted molar refractivity (Wildman–Crippen MR) is 90.5 cm³/mol. The smallest absolute Gasteiger partial charge is 0.160 e. The second-order valence-electron chi connectivity index (χ2n) is 5.83. The van der Waals surface area contributed by atoms with Crippen LogP contribution in [0, 0.1) is 0 Å².